The monoisotopic (exact) mass is 66.1 g/mol. The van der Waals surface area contributed by atoms with Gasteiger partial charge in [-0.1, -0.05) is 6.08 Å². The summed E-state index contributed by atoms with van der Waals surface area (Å²) in [6.07, 6.45) is 1.43. The second-order valence-corrected chi connectivity index (χ2v) is 0.471. The fraction of sp³-hybridized carbons (Fsp3) is 0.333. The topological polar surface area (TPSA) is 20.2 Å². The second-order valence-electron chi connectivity index (χ2n) is 0.471. The normalized spacial score (nSPS) is 5.00. The minimum absolute atomic E-state index is 0. The van der Waals surface area contributed by atoms with Gasteiger partial charge in [-0.25, -0.2) is 0 Å². The average molecular weight is 66.0 g/mol. The summed E-state index contributed by atoms with van der Waals surface area (Å²) >= 11 is 0. The first-order valence-corrected chi connectivity index (χ1v) is 1.13. The quantitative estimate of drug-likeness (QED) is 0.323. The Hall–Kier alpha value is 0.297. The molecule has 0 aromatic heterocycles. The van der Waals surface area contributed by atoms with Crippen LogP contribution in [0.1, 0.15) is 0 Å². The van der Waals surface area contributed by atoms with E-state index in [2.05, 4.69) is 6.58 Å². The standard InChI is InChI=1S/C3H6O.Li.H/c1-2-3-4;;/h2,4H,1,3H2;;. The fourth-order valence-corrected chi connectivity index (χ4v) is 0. The van der Waals surface area contributed by atoms with Gasteiger partial charge in [0.1, 0.15) is 0 Å². The van der Waals surface area contributed by atoms with Crippen molar-refractivity contribution in [1.82, 2.24) is 0 Å². The molecule has 0 aromatic carbocycles. The van der Waals surface area contributed by atoms with E-state index in [0.29, 0.717) is 0 Å². The van der Waals surface area contributed by atoms with E-state index in [0.717, 1.165) is 0 Å². The summed E-state index contributed by atoms with van der Waals surface area (Å²) in [5.74, 6) is 0. The number of aliphatic hydroxyl groups is 1. The van der Waals surface area contributed by atoms with Gasteiger partial charge in [-0.3, -0.25) is 0 Å². The van der Waals surface area contributed by atoms with Gasteiger partial charge in [0.2, 0.25) is 0 Å². The second kappa shape index (κ2) is 8.85. The molecule has 0 spiro atoms. The SMILES string of the molecule is C=CCO.[LiH]. The van der Waals surface area contributed by atoms with Gasteiger partial charge < -0.3 is 5.11 Å². The number of hydrogen-bond acceptors (Lipinski definition) is 1. The Morgan fingerprint density at radius 1 is 1.80 bits per heavy atom. The zero-order chi connectivity index (χ0) is 3.41. The van der Waals surface area contributed by atoms with Crippen molar-refractivity contribution >= 4 is 18.9 Å². The van der Waals surface area contributed by atoms with E-state index >= 15 is 0 Å². The Labute approximate surface area is 43.9 Å². The molecule has 5 heavy (non-hydrogen) atoms. The van der Waals surface area contributed by atoms with Crippen LogP contribution in [0.3, 0.4) is 0 Å². The van der Waals surface area contributed by atoms with Gasteiger partial charge in [0.25, 0.3) is 0 Å². The van der Waals surface area contributed by atoms with Crippen molar-refractivity contribution in [1.29, 1.82) is 0 Å². The predicted molar refractivity (Wildman–Crippen MR) is 24.4 cm³/mol. The first-order valence-electron chi connectivity index (χ1n) is 1.13. The van der Waals surface area contributed by atoms with Crippen molar-refractivity contribution in [3.63, 3.8) is 0 Å². The molecule has 0 fully saturated rings. The predicted octanol–water partition coefficient (Wildman–Crippen LogP) is -0.484. The zero-order valence-corrected chi connectivity index (χ0v) is 2.44. The van der Waals surface area contributed by atoms with Crippen LogP contribution < -0.4 is 0 Å². The van der Waals surface area contributed by atoms with Crippen LogP contribution >= 0.6 is 0 Å². The molecule has 0 saturated heterocycles. The Morgan fingerprint density at radius 3 is 2.00 bits per heavy atom. The molecule has 0 saturated carbocycles. The van der Waals surface area contributed by atoms with Gasteiger partial charge in [0, 0.05) is 0 Å². The molecule has 0 aliphatic carbocycles. The molecule has 0 rings (SSSR count). The first-order chi connectivity index (χ1) is 1.91. The minimum atomic E-state index is 0. The van der Waals surface area contributed by atoms with Gasteiger partial charge in [-0.15, -0.1) is 6.58 Å². The van der Waals surface area contributed by atoms with Gasteiger partial charge >= 0.3 is 18.9 Å². The van der Waals surface area contributed by atoms with Gasteiger partial charge in [-0.2, -0.15) is 0 Å². The van der Waals surface area contributed by atoms with E-state index in [9.17, 15) is 0 Å². The van der Waals surface area contributed by atoms with Crippen LogP contribution in [-0.2, 0) is 0 Å². The molecule has 26 valence electrons. The fourth-order valence-electron chi connectivity index (χ4n) is 0. The summed E-state index contributed by atoms with van der Waals surface area (Å²) in [6.45, 7) is 3.31. The Morgan fingerprint density at radius 2 is 2.00 bits per heavy atom. The van der Waals surface area contributed by atoms with Crippen LogP contribution in [-0.4, -0.2) is 30.6 Å². The van der Waals surface area contributed by atoms with E-state index in [-0.39, 0.29) is 25.5 Å². The molecule has 1 nitrogen and oxygen atoms in total. The van der Waals surface area contributed by atoms with Crippen molar-refractivity contribution in [2.45, 2.75) is 0 Å². The summed E-state index contributed by atoms with van der Waals surface area (Å²) in [4.78, 5) is 0. The summed E-state index contributed by atoms with van der Waals surface area (Å²) in [6, 6.07) is 0. The van der Waals surface area contributed by atoms with Crippen LogP contribution in [0.15, 0.2) is 12.7 Å². The number of hydrogen-bond donors (Lipinski definition) is 1. The average Bonchev–Trinajstić information content (AvgIpc) is 1.37. The van der Waals surface area contributed by atoms with Gasteiger partial charge in [0.15, 0.2) is 0 Å². The van der Waals surface area contributed by atoms with E-state index in [4.69, 9.17) is 5.11 Å². The number of aliphatic hydroxyl groups excluding tert-OH is 1. The summed E-state index contributed by atoms with van der Waals surface area (Å²) in [5.41, 5.74) is 0. The van der Waals surface area contributed by atoms with Crippen molar-refractivity contribution in [3.05, 3.63) is 12.7 Å². The summed E-state index contributed by atoms with van der Waals surface area (Å²) in [5, 5.41) is 7.76. The van der Waals surface area contributed by atoms with Crippen LogP contribution in [0.4, 0.5) is 0 Å². The van der Waals surface area contributed by atoms with Crippen molar-refractivity contribution in [2.75, 3.05) is 6.61 Å². The van der Waals surface area contributed by atoms with E-state index in [1.54, 1.807) is 0 Å². The van der Waals surface area contributed by atoms with Gasteiger partial charge in [0.05, 0.1) is 6.61 Å². The van der Waals surface area contributed by atoms with Crippen molar-refractivity contribution in [3.8, 4) is 0 Å². The maximum atomic E-state index is 7.76. The molecule has 0 unspecified atom stereocenters. The maximum absolute atomic E-state index is 7.76. The molecule has 0 amide bonds. The molecule has 0 aromatic rings. The molecule has 1 N–H and O–H groups in total. The van der Waals surface area contributed by atoms with Crippen molar-refractivity contribution in [2.24, 2.45) is 0 Å². The first kappa shape index (κ1) is 9.00. The molecule has 2 heteroatoms. The van der Waals surface area contributed by atoms with Crippen LogP contribution in [0.25, 0.3) is 0 Å². The van der Waals surface area contributed by atoms with Gasteiger partial charge in [-0.05, 0) is 0 Å². The van der Waals surface area contributed by atoms with E-state index < -0.39 is 0 Å². The Kier molecular flexibility index (Phi) is 15.9. The van der Waals surface area contributed by atoms with Crippen molar-refractivity contribution < 1.29 is 5.11 Å². The third kappa shape index (κ3) is 13.5. The molecular weight excluding hydrogens is 59.0 g/mol. The summed E-state index contributed by atoms with van der Waals surface area (Å²) < 4.78 is 0. The Balaban J connectivity index is 0. The van der Waals surface area contributed by atoms with Crippen LogP contribution in [0.5, 0.6) is 0 Å². The van der Waals surface area contributed by atoms with Crippen LogP contribution in [0, 0.1) is 0 Å². The molecule has 0 radical (unpaired) electrons. The summed E-state index contributed by atoms with van der Waals surface area (Å²) in [7, 11) is 0. The third-order valence-electron chi connectivity index (χ3n) is 0.129. The zero-order valence-electron chi connectivity index (χ0n) is 2.44. The van der Waals surface area contributed by atoms with E-state index in [1.165, 1.54) is 6.08 Å². The Bertz CT molecular complexity index is 20.9. The molecule has 0 atom stereocenters. The molecular formula is C3H7LiO. The number of rotatable bonds is 1. The van der Waals surface area contributed by atoms with Crippen LogP contribution in [0.2, 0.25) is 0 Å². The third-order valence-corrected chi connectivity index (χ3v) is 0.129. The molecule has 0 heterocycles. The molecule has 0 aliphatic rings. The molecule has 0 bridgehead atoms. The van der Waals surface area contributed by atoms with E-state index in [1.807, 2.05) is 0 Å². The molecule has 0 aliphatic heterocycles.